The predicted octanol–water partition coefficient (Wildman–Crippen LogP) is 8.69. The van der Waals surface area contributed by atoms with Crippen LogP contribution < -0.4 is 0 Å². The van der Waals surface area contributed by atoms with E-state index >= 15 is 0 Å². The van der Waals surface area contributed by atoms with Gasteiger partial charge in [0.05, 0.1) is 27.8 Å². The summed E-state index contributed by atoms with van der Waals surface area (Å²) in [4.78, 5) is 9.52. The van der Waals surface area contributed by atoms with E-state index in [9.17, 15) is 0 Å². The highest BCUT2D eigenvalue weighted by Gasteiger charge is 2.23. The molecule has 5 aromatic carbocycles. The van der Waals surface area contributed by atoms with E-state index < -0.39 is 0 Å². The lowest BCUT2D eigenvalue weighted by atomic mass is 10.0. The van der Waals surface area contributed by atoms with Crippen molar-refractivity contribution in [2.24, 2.45) is 4.99 Å². The third-order valence-corrected chi connectivity index (χ3v) is 8.19. The Bertz CT molecular complexity index is 2300. The fraction of sp³-hybridized carbons (Fsp3) is 0.0286. The maximum absolute atomic E-state index is 4.91. The third kappa shape index (κ3) is 2.78. The van der Waals surface area contributed by atoms with E-state index in [1.165, 1.54) is 48.9 Å². The van der Waals surface area contributed by atoms with Gasteiger partial charge in [-0.15, -0.1) is 0 Å². The molecule has 0 aliphatic carbocycles. The van der Waals surface area contributed by atoms with E-state index in [1.54, 1.807) is 0 Å². The molecule has 1 aliphatic rings. The summed E-state index contributed by atoms with van der Waals surface area (Å²) in [7, 11) is 0. The molecule has 0 spiro atoms. The van der Waals surface area contributed by atoms with Gasteiger partial charge in [0.1, 0.15) is 5.82 Å². The summed E-state index contributed by atoms with van der Waals surface area (Å²) in [6.45, 7) is 0. The monoisotopic (exact) mass is 498 g/mol. The van der Waals surface area contributed by atoms with Crippen LogP contribution in [0.2, 0.25) is 0 Å². The zero-order chi connectivity index (χ0) is 25.5. The van der Waals surface area contributed by atoms with Crippen LogP contribution >= 0.6 is 0 Å². The van der Waals surface area contributed by atoms with Gasteiger partial charge in [-0.05, 0) is 53.2 Å². The van der Waals surface area contributed by atoms with Crippen LogP contribution in [0.15, 0.2) is 120 Å². The van der Waals surface area contributed by atoms with E-state index in [4.69, 9.17) is 4.98 Å². The fourth-order valence-corrected chi connectivity index (χ4v) is 6.53. The van der Waals surface area contributed by atoms with Crippen molar-refractivity contribution in [3.05, 3.63) is 121 Å². The highest BCUT2D eigenvalue weighted by molar-refractivity contribution is 6.27. The Morgan fingerprint density at radius 1 is 0.590 bits per heavy atom. The summed E-state index contributed by atoms with van der Waals surface area (Å²) >= 11 is 0. The van der Waals surface area contributed by atoms with Gasteiger partial charge in [0.25, 0.3) is 0 Å². The van der Waals surface area contributed by atoms with E-state index in [-0.39, 0.29) is 0 Å². The van der Waals surface area contributed by atoms with Gasteiger partial charge in [0.2, 0.25) is 0 Å². The van der Waals surface area contributed by atoms with Gasteiger partial charge in [-0.25, -0.2) is 4.98 Å². The molecular formula is C35H22N4. The van der Waals surface area contributed by atoms with Crippen molar-refractivity contribution >= 4 is 66.3 Å². The van der Waals surface area contributed by atoms with Crippen molar-refractivity contribution in [1.82, 2.24) is 14.1 Å². The van der Waals surface area contributed by atoms with Gasteiger partial charge in [-0.2, -0.15) is 0 Å². The molecule has 182 valence electrons. The number of fused-ring (bicyclic) bond motifs is 9. The van der Waals surface area contributed by atoms with Crippen LogP contribution in [0.25, 0.3) is 65.9 Å². The van der Waals surface area contributed by atoms with Gasteiger partial charge in [-0.1, -0.05) is 66.7 Å². The Morgan fingerprint density at radius 3 is 2.28 bits per heavy atom. The molecule has 0 N–H and O–H groups in total. The highest BCUT2D eigenvalue weighted by atomic mass is 15.1. The summed E-state index contributed by atoms with van der Waals surface area (Å²) in [5.41, 5.74) is 8.09. The van der Waals surface area contributed by atoms with Crippen LogP contribution in [0.1, 0.15) is 5.56 Å². The minimum atomic E-state index is 0.797. The Morgan fingerprint density at radius 2 is 1.38 bits per heavy atom. The first-order valence-corrected chi connectivity index (χ1v) is 13.3. The molecule has 0 fully saturated rings. The molecule has 0 radical (unpaired) electrons. The highest BCUT2D eigenvalue weighted by Crippen LogP contribution is 2.43. The lowest BCUT2D eigenvalue weighted by molar-refractivity contribution is 1.05. The molecule has 39 heavy (non-hydrogen) atoms. The predicted molar refractivity (Wildman–Crippen MR) is 162 cm³/mol. The van der Waals surface area contributed by atoms with Crippen LogP contribution in [0.5, 0.6) is 0 Å². The molecule has 1 aliphatic heterocycles. The Hall–Kier alpha value is -5.22. The minimum absolute atomic E-state index is 0.797. The largest absolute Gasteiger partial charge is 0.309 e. The van der Waals surface area contributed by atoms with Crippen LogP contribution in [-0.4, -0.2) is 20.3 Å². The first-order chi connectivity index (χ1) is 19.4. The zero-order valence-electron chi connectivity index (χ0n) is 21.0. The number of hydrogen-bond acceptors (Lipinski definition) is 2. The molecule has 4 heterocycles. The fourth-order valence-electron chi connectivity index (χ4n) is 6.53. The molecule has 0 bridgehead atoms. The van der Waals surface area contributed by atoms with Crippen LogP contribution in [0, 0.1) is 0 Å². The third-order valence-electron chi connectivity index (χ3n) is 8.19. The lowest BCUT2D eigenvalue weighted by Crippen LogP contribution is -2.01. The standard InChI is InChI=1S/C35H22N4/c1-2-10-24(11-3-1)38-32-21-23-9-5-4-8-22(23)20-28(32)25-14-15-31-33(34(25)38)27-12-6-7-13-30(27)39(31)35-26-16-18-36-29(26)17-19-37-35/h1-15,17-21H,16H2. The number of rotatable bonds is 2. The number of pyridine rings is 1. The van der Waals surface area contributed by atoms with Crippen molar-refractivity contribution in [2.75, 3.05) is 0 Å². The smallest absolute Gasteiger partial charge is 0.143 e. The first-order valence-electron chi connectivity index (χ1n) is 13.3. The Kier molecular flexibility index (Phi) is 4.08. The second-order valence-electron chi connectivity index (χ2n) is 10.2. The summed E-state index contributed by atoms with van der Waals surface area (Å²) in [6, 6.07) is 39.3. The average Bonchev–Trinajstić information content (AvgIpc) is 3.69. The van der Waals surface area contributed by atoms with Crippen molar-refractivity contribution in [3.63, 3.8) is 0 Å². The van der Waals surface area contributed by atoms with Crippen LogP contribution in [0.4, 0.5) is 5.69 Å². The number of aliphatic imine (C=N–C) groups is 1. The van der Waals surface area contributed by atoms with Crippen molar-refractivity contribution in [2.45, 2.75) is 6.42 Å². The molecule has 4 nitrogen and oxygen atoms in total. The van der Waals surface area contributed by atoms with E-state index in [0.29, 0.717) is 0 Å². The van der Waals surface area contributed by atoms with E-state index in [2.05, 4.69) is 117 Å². The van der Waals surface area contributed by atoms with Gasteiger partial charge < -0.3 is 4.57 Å². The number of aromatic nitrogens is 3. The average molecular weight is 499 g/mol. The van der Waals surface area contributed by atoms with Crippen LogP contribution in [-0.2, 0) is 6.42 Å². The molecule has 9 rings (SSSR count). The summed E-state index contributed by atoms with van der Waals surface area (Å²) < 4.78 is 4.78. The molecule has 0 unspecified atom stereocenters. The van der Waals surface area contributed by atoms with E-state index in [0.717, 1.165) is 34.6 Å². The molecule has 0 atom stereocenters. The molecule has 3 aromatic heterocycles. The van der Waals surface area contributed by atoms with Gasteiger partial charge >= 0.3 is 0 Å². The van der Waals surface area contributed by atoms with Gasteiger partial charge in [0.15, 0.2) is 0 Å². The summed E-state index contributed by atoms with van der Waals surface area (Å²) in [5, 5.41) is 7.48. The molecule has 8 aromatic rings. The number of nitrogens with zero attached hydrogens (tertiary/aromatic N) is 4. The molecule has 0 saturated carbocycles. The second kappa shape index (κ2) is 7.65. The zero-order valence-corrected chi connectivity index (χ0v) is 21.0. The number of para-hydroxylation sites is 2. The molecular weight excluding hydrogens is 476 g/mol. The maximum Gasteiger partial charge on any atom is 0.143 e. The molecule has 0 amide bonds. The second-order valence-corrected chi connectivity index (χ2v) is 10.2. The first kappa shape index (κ1) is 20.8. The number of hydrogen-bond donors (Lipinski definition) is 0. The topological polar surface area (TPSA) is 35.1 Å². The molecule has 0 saturated heterocycles. The van der Waals surface area contributed by atoms with E-state index in [1.807, 2.05) is 18.5 Å². The Balaban J connectivity index is 1.53. The van der Waals surface area contributed by atoms with Crippen LogP contribution in [0.3, 0.4) is 0 Å². The quantitative estimate of drug-likeness (QED) is 0.235. The van der Waals surface area contributed by atoms with Gasteiger partial charge in [0, 0.05) is 51.6 Å². The summed E-state index contributed by atoms with van der Waals surface area (Å²) in [5.74, 6) is 0.962. The van der Waals surface area contributed by atoms with Crippen molar-refractivity contribution < 1.29 is 0 Å². The number of benzene rings is 5. The summed E-state index contributed by atoms with van der Waals surface area (Å²) in [6.07, 6.45) is 4.66. The molecule has 4 heteroatoms. The lowest BCUT2D eigenvalue weighted by Gasteiger charge is -2.11. The normalized spacial score (nSPS) is 12.9. The SMILES string of the molecule is C1=Nc2ccnc(-n3c4ccccc4c4c3ccc3c5cc6ccccc6cc5n(-c5ccccc5)c34)c2C1. The minimum Gasteiger partial charge on any atom is -0.309 e. The maximum atomic E-state index is 4.91. The van der Waals surface area contributed by atoms with Gasteiger partial charge in [-0.3, -0.25) is 9.56 Å². The van der Waals surface area contributed by atoms with Crippen molar-refractivity contribution in [1.29, 1.82) is 0 Å². The van der Waals surface area contributed by atoms with Crippen molar-refractivity contribution in [3.8, 4) is 11.5 Å². The Labute approximate surface area is 224 Å².